The first-order valence-corrected chi connectivity index (χ1v) is 8.71. The topological polar surface area (TPSA) is 88.0 Å². The number of carbonyl (C=O) groups excluding carboxylic acids is 2. The fourth-order valence-corrected chi connectivity index (χ4v) is 2.54. The molecule has 2 amide bonds. The van der Waals surface area contributed by atoms with E-state index in [2.05, 4.69) is 20.5 Å². The van der Waals surface area contributed by atoms with E-state index in [1.807, 2.05) is 20.2 Å². The lowest BCUT2D eigenvalue weighted by Crippen LogP contribution is -2.28. The van der Waals surface area contributed by atoms with Gasteiger partial charge in [-0.2, -0.15) is 0 Å². The zero-order valence-corrected chi connectivity index (χ0v) is 15.6. The number of methoxy groups -OCH3 is 1. The zero-order valence-electron chi connectivity index (χ0n) is 15.6. The maximum absolute atomic E-state index is 12.5. The average Bonchev–Trinajstić information content (AvgIpc) is 3.02. The fraction of sp³-hybridized carbons (Fsp3) is 0.500. The minimum absolute atomic E-state index is 0.205. The van der Waals surface area contributed by atoms with Crippen molar-refractivity contribution in [1.29, 1.82) is 0 Å². The van der Waals surface area contributed by atoms with Crippen LogP contribution in [-0.4, -0.2) is 73.5 Å². The van der Waals surface area contributed by atoms with Gasteiger partial charge in [0.15, 0.2) is 5.69 Å². The monoisotopic (exact) mass is 361 g/mol. The molecule has 0 atom stereocenters. The van der Waals surface area contributed by atoms with Crippen molar-refractivity contribution in [3.8, 4) is 0 Å². The highest BCUT2D eigenvalue weighted by atomic mass is 16.5. The second-order valence-electron chi connectivity index (χ2n) is 6.25. The van der Waals surface area contributed by atoms with E-state index in [1.165, 1.54) is 0 Å². The predicted octanol–water partition coefficient (Wildman–Crippen LogP) is 0.782. The van der Waals surface area contributed by atoms with Crippen molar-refractivity contribution in [2.75, 3.05) is 47.4 Å². The van der Waals surface area contributed by atoms with Crippen LogP contribution < -0.4 is 10.6 Å². The molecule has 26 heavy (non-hydrogen) atoms. The van der Waals surface area contributed by atoms with E-state index < -0.39 is 0 Å². The van der Waals surface area contributed by atoms with Crippen molar-refractivity contribution in [3.05, 3.63) is 35.9 Å². The van der Waals surface area contributed by atoms with Gasteiger partial charge in [0, 0.05) is 33.0 Å². The van der Waals surface area contributed by atoms with Gasteiger partial charge in [-0.1, -0.05) is 6.07 Å². The molecule has 2 aromatic heterocycles. The molecule has 0 radical (unpaired) electrons. The third-order valence-electron chi connectivity index (χ3n) is 3.85. The molecule has 0 saturated heterocycles. The lowest BCUT2D eigenvalue weighted by molar-refractivity contribution is 0.0937. The maximum atomic E-state index is 12.5. The Morgan fingerprint density at radius 2 is 1.88 bits per heavy atom. The number of carbonyl (C=O) groups is 2. The predicted molar refractivity (Wildman–Crippen MR) is 99.5 cm³/mol. The van der Waals surface area contributed by atoms with Crippen molar-refractivity contribution < 1.29 is 14.3 Å². The molecule has 0 aliphatic heterocycles. The summed E-state index contributed by atoms with van der Waals surface area (Å²) in [7, 11) is 5.60. The van der Waals surface area contributed by atoms with Crippen molar-refractivity contribution in [2.24, 2.45) is 0 Å². The van der Waals surface area contributed by atoms with Gasteiger partial charge in [0.1, 0.15) is 0 Å². The van der Waals surface area contributed by atoms with E-state index in [9.17, 15) is 9.59 Å². The molecule has 142 valence electrons. The number of imidazole rings is 1. The van der Waals surface area contributed by atoms with Crippen molar-refractivity contribution in [1.82, 2.24) is 24.9 Å². The molecule has 2 heterocycles. The van der Waals surface area contributed by atoms with Crippen molar-refractivity contribution in [3.63, 3.8) is 0 Å². The Kier molecular flexibility index (Phi) is 7.55. The van der Waals surface area contributed by atoms with E-state index in [0.717, 1.165) is 13.0 Å². The highest BCUT2D eigenvalue weighted by Crippen LogP contribution is 2.13. The maximum Gasteiger partial charge on any atom is 0.287 e. The molecule has 2 aromatic rings. The Morgan fingerprint density at radius 3 is 2.62 bits per heavy atom. The molecular formula is C18H27N5O3. The number of hydrogen-bond acceptors (Lipinski definition) is 5. The lowest BCUT2D eigenvalue weighted by Gasteiger charge is -2.09. The van der Waals surface area contributed by atoms with Gasteiger partial charge in [-0.05, 0) is 45.6 Å². The van der Waals surface area contributed by atoms with Crippen LogP contribution in [-0.2, 0) is 4.74 Å². The second-order valence-corrected chi connectivity index (χ2v) is 6.25. The Bertz CT molecular complexity index is 742. The van der Waals surface area contributed by atoms with Crippen LogP contribution in [0.3, 0.4) is 0 Å². The smallest absolute Gasteiger partial charge is 0.287 e. The van der Waals surface area contributed by atoms with Crippen molar-refractivity contribution in [2.45, 2.75) is 12.8 Å². The third kappa shape index (κ3) is 5.27. The van der Waals surface area contributed by atoms with E-state index in [-0.39, 0.29) is 23.3 Å². The van der Waals surface area contributed by atoms with Gasteiger partial charge in [0.25, 0.3) is 11.8 Å². The van der Waals surface area contributed by atoms with Crippen LogP contribution in [0.25, 0.3) is 5.52 Å². The molecule has 0 spiro atoms. The van der Waals surface area contributed by atoms with Gasteiger partial charge >= 0.3 is 0 Å². The Balaban J connectivity index is 2.10. The number of nitrogens with zero attached hydrogens (tertiary/aromatic N) is 3. The van der Waals surface area contributed by atoms with Crippen LogP contribution in [0.2, 0.25) is 0 Å². The molecule has 8 heteroatoms. The molecule has 0 fully saturated rings. The number of hydrogen-bond donors (Lipinski definition) is 2. The van der Waals surface area contributed by atoms with Gasteiger partial charge in [0.05, 0.1) is 5.52 Å². The third-order valence-corrected chi connectivity index (χ3v) is 3.85. The van der Waals surface area contributed by atoms with Gasteiger partial charge in [-0.3, -0.25) is 14.0 Å². The first-order chi connectivity index (χ1) is 12.5. The number of fused-ring (bicyclic) bond motifs is 1. The fourth-order valence-electron chi connectivity index (χ4n) is 2.54. The minimum atomic E-state index is -0.311. The summed E-state index contributed by atoms with van der Waals surface area (Å²) in [5, 5.41) is 5.67. The van der Waals surface area contributed by atoms with Crippen molar-refractivity contribution >= 4 is 17.3 Å². The van der Waals surface area contributed by atoms with Gasteiger partial charge in [0.2, 0.25) is 5.82 Å². The van der Waals surface area contributed by atoms with E-state index in [1.54, 1.807) is 29.8 Å². The summed E-state index contributed by atoms with van der Waals surface area (Å²) in [6.07, 6.45) is 3.29. The van der Waals surface area contributed by atoms with Gasteiger partial charge < -0.3 is 20.3 Å². The Hall–Kier alpha value is -2.45. The van der Waals surface area contributed by atoms with Gasteiger partial charge in [-0.15, -0.1) is 0 Å². The number of nitrogens with one attached hydrogen (secondary N) is 2. The molecule has 0 aliphatic rings. The number of pyridine rings is 1. The summed E-state index contributed by atoms with van der Waals surface area (Å²) in [6, 6.07) is 5.40. The molecule has 2 N–H and O–H groups in total. The summed E-state index contributed by atoms with van der Waals surface area (Å²) >= 11 is 0. The largest absolute Gasteiger partial charge is 0.385 e. The van der Waals surface area contributed by atoms with Gasteiger partial charge in [-0.25, -0.2) is 4.98 Å². The highest BCUT2D eigenvalue weighted by molar-refractivity contribution is 6.02. The van der Waals surface area contributed by atoms with E-state index >= 15 is 0 Å². The zero-order chi connectivity index (χ0) is 18.9. The SMILES string of the molecule is COCCCNC(=O)c1nc(C(=O)NCCCN(C)C)c2ccccn12. The molecule has 8 nitrogen and oxygen atoms in total. The highest BCUT2D eigenvalue weighted by Gasteiger charge is 2.20. The number of ether oxygens (including phenoxy) is 1. The standard InChI is InChI=1S/C18H27N5O3/c1-22(2)11-6-9-19-17(24)15-14-8-4-5-12-23(14)16(21-15)18(25)20-10-7-13-26-3/h4-5,8,12H,6-7,9-11,13H2,1-3H3,(H,19,24)(H,20,25). The second kappa shape index (κ2) is 9.88. The van der Waals surface area contributed by atoms with Crippen LogP contribution in [0.1, 0.15) is 33.9 Å². The number of aromatic nitrogens is 2. The molecule has 0 bridgehead atoms. The summed E-state index contributed by atoms with van der Waals surface area (Å²) < 4.78 is 6.61. The van der Waals surface area contributed by atoms with Crippen LogP contribution in [0.4, 0.5) is 0 Å². The summed E-state index contributed by atoms with van der Waals surface area (Å²) in [4.78, 5) is 31.3. The lowest BCUT2D eigenvalue weighted by atomic mass is 10.3. The quantitative estimate of drug-likeness (QED) is 0.611. The van der Waals surface area contributed by atoms with Crippen LogP contribution >= 0.6 is 0 Å². The summed E-state index contributed by atoms with van der Waals surface area (Å²) in [5.74, 6) is -0.378. The van der Waals surface area contributed by atoms with Crippen LogP contribution in [0, 0.1) is 0 Å². The van der Waals surface area contributed by atoms with Crippen LogP contribution in [0.5, 0.6) is 0 Å². The Morgan fingerprint density at radius 1 is 1.15 bits per heavy atom. The number of amides is 2. The molecule has 0 aromatic carbocycles. The first kappa shape index (κ1) is 19.9. The average molecular weight is 361 g/mol. The molecule has 2 rings (SSSR count). The van der Waals surface area contributed by atoms with Crippen LogP contribution in [0.15, 0.2) is 24.4 Å². The minimum Gasteiger partial charge on any atom is -0.385 e. The number of rotatable bonds is 10. The summed E-state index contributed by atoms with van der Waals surface area (Å²) in [6.45, 7) is 2.50. The Labute approximate surface area is 153 Å². The van der Waals surface area contributed by atoms with E-state index in [0.29, 0.717) is 31.6 Å². The normalized spacial score (nSPS) is 11.1. The molecule has 0 saturated carbocycles. The molecule has 0 aliphatic carbocycles. The first-order valence-electron chi connectivity index (χ1n) is 8.71. The van der Waals surface area contributed by atoms with E-state index in [4.69, 9.17) is 4.74 Å². The molecule has 0 unspecified atom stereocenters. The summed E-state index contributed by atoms with van der Waals surface area (Å²) in [5.41, 5.74) is 0.872. The molecular weight excluding hydrogens is 334 g/mol.